The molecule has 19 heavy (non-hydrogen) atoms. The number of nitrogens with zero attached hydrogens (tertiary/aromatic N) is 1. The maximum absolute atomic E-state index is 6.09. The van der Waals surface area contributed by atoms with E-state index in [2.05, 4.69) is 72.5 Å². The van der Waals surface area contributed by atoms with E-state index in [0.717, 1.165) is 16.9 Å². The monoisotopic (exact) mass is 261 g/mol. The van der Waals surface area contributed by atoms with Crippen molar-refractivity contribution in [1.29, 1.82) is 0 Å². The average Bonchev–Trinajstić information content (AvgIpc) is 2.16. The molecule has 0 saturated carbocycles. The van der Waals surface area contributed by atoms with E-state index in [1.54, 1.807) is 0 Å². The maximum Gasteiger partial charge on any atom is 0.131 e. The molecular formula is C17H27NO. The molecule has 1 rings (SSSR count). The van der Waals surface area contributed by atoms with Gasteiger partial charge in [0.2, 0.25) is 0 Å². The number of hydrogen-bond acceptors (Lipinski definition) is 2. The summed E-state index contributed by atoms with van der Waals surface area (Å²) in [4.78, 5) is 4.59. The molecule has 0 amide bonds. The number of hydrogen-bond donors (Lipinski definition) is 0. The fourth-order valence-electron chi connectivity index (χ4n) is 1.79. The number of ether oxygens (including phenoxy) is 1. The predicted octanol–water partition coefficient (Wildman–Crippen LogP) is 4.70. The normalized spacial score (nSPS) is 13.1. The van der Waals surface area contributed by atoms with Crippen molar-refractivity contribution in [2.24, 2.45) is 4.99 Å². The fourth-order valence-corrected chi connectivity index (χ4v) is 1.79. The van der Waals surface area contributed by atoms with Crippen LogP contribution in [-0.4, -0.2) is 17.4 Å². The van der Waals surface area contributed by atoms with Gasteiger partial charge in [-0.05, 0) is 72.6 Å². The summed E-state index contributed by atoms with van der Waals surface area (Å²) in [7, 11) is 0. The Kier molecular flexibility index (Phi) is 4.44. The molecule has 0 aliphatic rings. The first-order chi connectivity index (χ1) is 8.48. The van der Waals surface area contributed by atoms with Gasteiger partial charge in [0.15, 0.2) is 0 Å². The summed E-state index contributed by atoms with van der Waals surface area (Å²) in [5.41, 5.74) is 3.17. The second kappa shape index (κ2) is 5.36. The Labute approximate surface area is 117 Å². The van der Waals surface area contributed by atoms with Crippen LogP contribution in [0.25, 0.3) is 0 Å². The van der Waals surface area contributed by atoms with Crippen LogP contribution in [-0.2, 0) is 0 Å². The van der Waals surface area contributed by atoms with E-state index < -0.39 is 0 Å². The van der Waals surface area contributed by atoms with E-state index in [1.165, 1.54) is 5.56 Å². The molecule has 1 aromatic rings. The first kappa shape index (κ1) is 15.7. The van der Waals surface area contributed by atoms with Gasteiger partial charge in [0, 0.05) is 11.8 Å². The molecule has 0 saturated heterocycles. The maximum atomic E-state index is 6.09. The molecule has 0 bridgehead atoms. The first-order valence-electron chi connectivity index (χ1n) is 6.83. The highest BCUT2D eigenvalue weighted by atomic mass is 16.5. The molecule has 0 fully saturated rings. The number of rotatable bonds is 2. The minimum absolute atomic E-state index is 0.0728. The molecule has 0 atom stereocenters. The standard InChI is InChI=1S/C17H27NO/c1-12-9-13(2)15(19-17(6,7)8)14(10-12)11-18-16(3,4)5/h9-11H,1-8H3. The van der Waals surface area contributed by atoms with Crippen molar-refractivity contribution >= 4 is 6.21 Å². The van der Waals surface area contributed by atoms with Crippen LogP contribution < -0.4 is 4.74 Å². The van der Waals surface area contributed by atoms with Crippen molar-refractivity contribution in [2.75, 3.05) is 0 Å². The molecule has 0 spiro atoms. The van der Waals surface area contributed by atoms with E-state index in [1.807, 2.05) is 6.21 Å². The molecule has 0 unspecified atom stereocenters. The van der Waals surface area contributed by atoms with Crippen LogP contribution in [0.2, 0.25) is 0 Å². The van der Waals surface area contributed by atoms with Crippen LogP contribution in [0.3, 0.4) is 0 Å². The summed E-state index contributed by atoms with van der Waals surface area (Å²) >= 11 is 0. The van der Waals surface area contributed by atoms with Crippen LogP contribution in [0.4, 0.5) is 0 Å². The van der Waals surface area contributed by atoms with Gasteiger partial charge >= 0.3 is 0 Å². The molecule has 0 heterocycles. The Balaban J connectivity index is 3.25. The lowest BCUT2D eigenvalue weighted by Crippen LogP contribution is -2.24. The van der Waals surface area contributed by atoms with Crippen LogP contribution in [0.1, 0.15) is 58.2 Å². The summed E-state index contributed by atoms with van der Waals surface area (Å²) in [5.74, 6) is 0.936. The van der Waals surface area contributed by atoms with E-state index in [9.17, 15) is 0 Å². The Morgan fingerprint density at radius 1 is 1.00 bits per heavy atom. The van der Waals surface area contributed by atoms with E-state index in [0.29, 0.717) is 0 Å². The molecule has 0 aliphatic heterocycles. The lowest BCUT2D eigenvalue weighted by molar-refractivity contribution is 0.129. The zero-order valence-electron chi connectivity index (χ0n) is 13.6. The SMILES string of the molecule is Cc1cc(C)c(OC(C)(C)C)c(C=NC(C)(C)C)c1. The third-order valence-electron chi connectivity index (χ3n) is 2.45. The summed E-state index contributed by atoms with van der Waals surface area (Å²) in [5, 5.41) is 0. The zero-order valence-corrected chi connectivity index (χ0v) is 13.6. The highest BCUT2D eigenvalue weighted by Crippen LogP contribution is 2.28. The quantitative estimate of drug-likeness (QED) is 0.707. The summed E-state index contributed by atoms with van der Waals surface area (Å²) in [6, 6.07) is 4.28. The van der Waals surface area contributed by atoms with Crippen molar-refractivity contribution in [3.05, 3.63) is 28.8 Å². The molecule has 2 nitrogen and oxygen atoms in total. The molecule has 0 radical (unpaired) electrons. The molecule has 1 aromatic carbocycles. The number of benzene rings is 1. The van der Waals surface area contributed by atoms with Gasteiger partial charge < -0.3 is 4.74 Å². The van der Waals surface area contributed by atoms with Gasteiger partial charge in [-0.1, -0.05) is 6.07 Å². The third kappa shape index (κ3) is 5.46. The Morgan fingerprint density at radius 2 is 1.58 bits per heavy atom. The largest absolute Gasteiger partial charge is 0.487 e. The summed E-state index contributed by atoms with van der Waals surface area (Å²) in [6.07, 6.45) is 1.93. The van der Waals surface area contributed by atoms with Gasteiger partial charge in [0.25, 0.3) is 0 Å². The highest BCUT2D eigenvalue weighted by molar-refractivity contribution is 5.85. The Hall–Kier alpha value is -1.31. The van der Waals surface area contributed by atoms with Gasteiger partial charge in [0.05, 0.1) is 5.54 Å². The van der Waals surface area contributed by atoms with Crippen molar-refractivity contribution in [3.63, 3.8) is 0 Å². The van der Waals surface area contributed by atoms with Gasteiger partial charge in [0.1, 0.15) is 11.4 Å². The highest BCUT2D eigenvalue weighted by Gasteiger charge is 2.17. The van der Waals surface area contributed by atoms with Gasteiger partial charge in [-0.15, -0.1) is 0 Å². The lowest BCUT2D eigenvalue weighted by Gasteiger charge is -2.24. The van der Waals surface area contributed by atoms with E-state index in [-0.39, 0.29) is 11.1 Å². The molecule has 0 aromatic heterocycles. The summed E-state index contributed by atoms with van der Waals surface area (Å²) in [6.45, 7) is 16.7. The number of aryl methyl sites for hydroxylation is 2. The predicted molar refractivity (Wildman–Crippen MR) is 83.6 cm³/mol. The topological polar surface area (TPSA) is 21.6 Å². The van der Waals surface area contributed by atoms with Gasteiger partial charge in [-0.25, -0.2) is 0 Å². The zero-order chi connectivity index (χ0) is 14.8. The molecule has 0 aliphatic carbocycles. The minimum Gasteiger partial charge on any atom is -0.487 e. The Morgan fingerprint density at radius 3 is 2.05 bits per heavy atom. The third-order valence-corrected chi connectivity index (χ3v) is 2.45. The first-order valence-corrected chi connectivity index (χ1v) is 6.83. The second-order valence-corrected chi connectivity index (χ2v) is 7.14. The van der Waals surface area contributed by atoms with E-state index >= 15 is 0 Å². The smallest absolute Gasteiger partial charge is 0.131 e. The summed E-state index contributed by atoms with van der Waals surface area (Å²) < 4.78 is 6.09. The molecule has 106 valence electrons. The lowest BCUT2D eigenvalue weighted by atomic mass is 10.0. The van der Waals surface area contributed by atoms with Crippen LogP contribution in [0.15, 0.2) is 17.1 Å². The van der Waals surface area contributed by atoms with Crippen molar-refractivity contribution in [3.8, 4) is 5.75 Å². The van der Waals surface area contributed by atoms with Crippen molar-refractivity contribution in [2.45, 2.75) is 66.5 Å². The number of aliphatic imine (C=N–C) groups is 1. The molecule has 0 N–H and O–H groups in total. The molecular weight excluding hydrogens is 234 g/mol. The minimum atomic E-state index is -0.204. The molecule has 2 heteroatoms. The van der Waals surface area contributed by atoms with Crippen LogP contribution in [0.5, 0.6) is 5.75 Å². The van der Waals surface area contributed by atoms with Crippen molar-refractivity contribution in [1.82, 2.24) is 0 Å². The van der Waals surface area contributed by atoms with Crippen LogP contribution in [0, 0.1) is 13.8 Å². The van der Waals surface area contributed by atoms with Gasteiger partial charge in [-0.3, -0.25) is 4.99 Å². The van der Waals surface area contributed by atoms with E-state index in [4.69, 9.17) is 4.74 Å². The average molecular weight is 261 g/mol. The Bertz CT molecular complexity index is 473. The van der Waals surface area contributed by atoms with Crippen LogP contribution >= 0.6 is 0 Å². The van der Waals surface area contributed by atoms with Gasteiger partial charge in [-0.2, -0.15) is 0 Å². The van der Waals surface area contributed by atoms with Crippen molar-refractivity contribution < 1.29 is 4.74 Å². The fraction of sp³-hybridized carbons (Fsp3) is 0.588. The second-order valence-electron chi connectivity index (χ2n) is 7.14.